The monoisotopic (exact) mass is 324 g/mol. The number of hydrogen-bond acceptors (Lipinski definition) is 4. The first kappa shape index (κ1) is 16.1. The molecule has 5 nitrogen and oxygen atoms in total. The van der Waals surface area contributed by atoms with Crippen molar-refractivity contribution in [2.45, 2.75) is 26.7 Å². The highest BCUT2D eigenvalue weighted by atomic mass is 16.5. The molecule has 2 aromatic carbocycles. The second-order valence-corrected chi connectivity index (χ2v) is 5.88. The summed E-state index contributed by atoms with van der Waals surface area (Å²) in [6.45, 7) is 5.47. The predicted molar refractivity (Wildman–Crippen MR) is 93.5 cm³/mol. The second kappa shape index (κ2) is 6.35. The smallest absolute Gasteiger partial charge is 0.231 e. The van der Waals surface area contributed by atoms with Crippen molar-refractivity contribution in [1.82, 2.24) is 5.16 Å². The fraction of sp³-hybridized carbons (Fsp3) is 0.263. The highest BCUT2D eigenvalue weighted by molar-refractivity contribution is 5.97. The van der Waals surface area contributed by atoms with Crippen molar-refractivity contribution in [2.24, 2.45) is 0 Å². The molecule has 0 saturated carbocycles. The molecule has 0 unspecified atom stereocenters. The fourth-order valence-corrected chi connectivity index (χ4v) is 2.68. The van der Waals surface area contributed by atoms with Gasteiger partial charge in [-0.1, -0.05) is 29.4 Å². The molecule has 1 aromatic heterocycles. The largest absolute Gasteiger partial charge is 0.497 e. The van der Waals surface area contributed by atoms with Gasteiger partial charge in [-0.2, -0.15) is 0 Å². The molecule has 1 heterocycles. The van der Waals surface area contributed by atoms with Crippen LogP contribution in [-0.4, -0.2) is 18.2 Å². The first-order valence-electron chi connectivity index (χ1n) is 7.81. The van der Waals surface area contributed by atoms with Gasteiger partial charge in [0, 0.05) is 0 Å². The number of amides is 1. The minimum Gasteiger partial charge on any atom is -0.497 e. The molecule has 0 saturated heterocycles. The number of fused-ring (bicyclic) bond motifs is 1. The van der Waals surface area contributed by atoms with E-state index in [0.717, 1.165) is 22.1 Å². The summed E-state index contributed by atoms with van der Waals surface area (Å²) < 4.78 is 10.3. The lowest BCUT2D eigenvalue weighted by Crippen LogP contribution is -2.19. The van der Waals surface area contributed by atoms with E-state index in [2.05, 4.69) is 10.5 Å². The first-order chi connectivity index (χ1) is 11.5. The maximum Gasteiger partial charge on any atom is 0.231 e. The molecule has 3 aromatic rings. The Hall–Kier alpha value is -2.82. The van der Waals surface area contributed by atoms with Gasteiger partial charge in [0.25, 0.3) is 0 Å². The Balaban J connectivity index is 1.85. The van der Waals surface area contributed by atoms with Crippen molar-refractivity contribution in [2.75, 3.05) is 12.4 Å². The lowest BCUT2D eigenvalue weighted by atomic mass is 9.97. The fourth-order valence-electron chi connectivity index (χ4n) is 2.68. The van der Waals surface area contributed by atoms with E-state index in [-0.39, 0.29) is 11.8 Å². The van der Waals surface area contributed by atoms with Gasteiger partial charge in [0.2, 0.25) is 5.91 Å². The van der Waals surface area contributed by atoms with Gasteiger partial charge >= 0.3 is 0 Å². The predicted octanol–water partition coefficient (Wildman–Crippen LogP) is 4.20. The molecule has 124 valence electrons. The minimum absolute atomic E-state index is 0.0859. The summed E-state index contributed by atoms with van der Waals surface area (Å²) in [7, 11) is 1.65. The number of benzene rings is 2. The molecule has 0 aliphatic rings. The third kappa shape index (κ3) is 2.97. The van der Waals surface area contributed by atoms with Crippen LogP contribution in [0.1, 0.15) is 29.9 Å². The van der Waals surface area contributed by atoms with E-state index in [9.17, 15) is 4.79 Å². The maximum atomic E-state index is 12.6. The van der Waals surface area contributed by atoms with Crippen molar-refractivity contribution in [1.29, 1.82) is 0 Å². The number of rotatable bonds is 4. The number of methoxy groups -OCH3 is 1. The molecular weight excluding hydrogens is 304 g/mol. The highest BCUT2D eigenvalue weighted by Gasteiger charge is 2.19. The van der Waals surface area contributed by atoms with Crippen LogP contribution in [0.25, 0.3) is 10.8 Å². The van der Waals surface area contributed by atoms with Crippen LogP contribution in [0.4, 0.5) is 5.69 Å². The number of carbonyl (C=O) groups excluding carboxylic acids is 1. The zero-order valence-electron chi connectivity index (χ0n) is 14.2. The van der Waals surface area contributed by atoms with Crippen molar-refractivity contribution in [3.63, 3.8) is 0 Å². The van der Waals surface area contributed by atoms with Crippen LogP contribution >= 0.6 is 0 Å². The number of carbonyl (C=O) groups is 1. The van der Waals surface area contributed by atoms with E-state index in [4.69, 9.17) is 9.26 Å². The molecule has 3 rings (SSSR count). The molecule has 0 aliphatic carbocycles. The molecule has 0 aliphatic heterocycles. The van der Waals surface area contributed by atoms with Crippen molar-refractivity contribution >= 4 is 22.4 Å². The van der Waals surface area contributed by atoms with E-state index < -0.39 is 0 Å². The molecule has 1 atom stereocenters. The van der Waals surface area contributed by atoms with Crippen LogP contribution in [0.15, 0.2) is 40.9 Å². The van der Waals surface area contributed by atoms with Crippen molar-refractivity contribution in [3.8, 4) is 5.75 Å². The summed E-state index contributed by atoms with van der Waals surface area (Å²) >= 11 is 0. The van der Waals surface area contributed by atoms with Gasteiger partial charge in [0.1, 0.15) is 17.1 Å². The topological polar surface area (TPSA) is 64.4 Å². The van der Waals surface area contributed by atoms with E-state index >= 15 is 0 Å². The van der Waals surface area contributed by atoms with Gasteiger partial charge < -0.3 is 14.6 Å². The Morgan fingerprint density at radius 3 is 2.54 bits per heavy atom. The molecule has 0 fully saturated rings. The molecule has 0 radical (unpaired) electrons. The Labute approximate surface area is 140 Å². The SMILES string of the molecule is COc1ccc2cc([C@H](C)C(=O)Nc3c(C)noc3C)ccc2c1. The third-order valence-corrected chi connectivity index (χ3v) is 4.25. The molecule has 0 bridgehead atoms. The van der Waals surface area contributed by atoms with Gasteiger partial charge in [-0.3, -0.25) is 4.79 Å². The maximum absolute atomic E-state index is 12.6. The minimum atomic E-state index is -0.287. The summed E-state index contributed by atoms with van der Waals surface area (Å²) in [5.41, 5.74) is 2.29. The number of nitrogens with zero attached hydrogens (tertiary/aromatic N) is 1. The molecular formula is C19H20N2O3. The van der Waals surface area contributed by atoms with Crippen LogP contribution < -0.4 is 10.1 Å². The lowest BCUT2D eigenvalue weighted by Gasteiger charge is -2.13. The summed E-state index contributed by atoms with van der Waals surface area (Å²) in [4.78, 5) is 12.6. The average molecular weight is 324 g/mol. The number of ether oxygens (including phenoxy) is 1. The van der Waals surface area contributed by atoms with Gasteiger partial charge in [-0.05, 0) is 49.2 Å². The van der Waals surface area contributed by atoms with Gasteiger partial charge in [0.15, 0.2) is 5.76 Å². The summed E-state index contributed by atoms with van der Waals surface area (Å²) in [5, 5.41) is 8.92. The molecule has 5 heteroatoms. The van der Waals surface area contributed by atoms with E-state index in [1.165, 1.54) is 0 Å². The summed E-state index contributed by atoms with van der Waals surface area (Å²) in [6.07, 6.45) is 0. The zero-order chi connectivity index (χ0) is 17.3. The van der Waals surface area contributed by atoms with E-state index in [1.54, 1.807) is 21.0 Å². The average Bonchev–Trinajstić information content (AvgIpc) is 2.92. The summed E-state index contributed by atoms with van der Waals surface area (Å²) in [6, 6.07) is 11.9. The second-order valence-electron chi connectivity index (χ2n) is 5.88. The zero-order valence-corrected chi connectivity index (χ0v) is 14.2. The first-order valence-corrected chi connectivity index (χ1v) is 7.81. The number of anilines is 1. The highest BCUT2D eigenvalue weighted by Crippen LogP contribution is 2.27. The Bertz CT molecular complexity index is 879. The molecule has 1 N–H and O–H groups in total. The number of aryl methyl sites for hydroxylation is 2. The summed E-state index contributed by atoms with van der Waals surface area (Å²) in [5.74, 6) is 1.06. The number of nitrogens with one attached hydrogen (secondary N) is 1. The molecule has 24 heavy (non-hydrogen) atoms. The van der Waals surface area contributed by atoms with Gasteiger partial charge in [-0.25, -0.2) is 0 Å². The molecule has 0 spiro atoms. The van der Waals surface area contributed by atoms with Crippen LogP contribution in [0, 0.1) is 13.8 Å². The van der Waals surface area contributed by atoms with Crippen molar-refractivity contribution < 1.29 is 14.1 Å². The van der Waals surface area contributed by atoms with Crippen LogP contribution in [0.2, 0.25) is 0 Å². The van der Waals surface area contributed by atoms with E-state index in [0.29, 0.717) is 17.1 Å². The quantitative estimate of drug-likeness (QED) is 0.781. The van der Waals surface area contributed by atoms with Crippen LogP contribution in [-0.2, 0) is 4.79 Å². The Kier molecular flexibility index (Phi) is 4.25. The standard InChI is InChI=1S/C19H20N2O3/c1-11(19(22)20-18-12(2)21-24-13(18)3)14-5-6-16-10-17(23-4)8-7-15(16)9-14/h5-11H,1-4H3,(H,20,22)/t11-/m0/s1. The Morgan fingerprint density at radius 1 is 1.17 bits per heavy atom. The lowest BCUT2D eigenvalue weighted by molar-refractivity contribution is -0.117. The normalized spacial score (nSPS) is 12.2. The van der Waals surface area contributed by atoms with Crippen molar-refractivity contribution in [3.05, 3.63) is 53.4 Å². The number of aromatic nitrogens is 1. The van der Waals surface area contributed by atoms with Crippen LogP contribution in [0.3, 0.4) is 0 Å². The van der Waals surface area contributed by atoms with Gasteiger partial charge in [0.05, 0.1) is 13.0 Å². The third-order valence-electron chi connectivity index (χ3n) is 4.25. The number of hydrogen-bond donors (Lipinski definition) is 1. The van der Waals surface area contributed by atoms with E-state index in [1.807, 2.05) is 43.3 Å². The molecule has 1 amide bonds. The van der Waals surface area contributed by atoms with Gasteiger partial charge in [-0.15, -0.1) is 0 Å². The Morgan fingerprint density at radius 2 is 1.88 bits per heavy atom. The van der Waals surface area contributed by atoms with Crippen LogP contribution in [0.5, 0.6) is 5.75 Å².